The fourth-order valence-corrected chi connectivity index (χ4v) is 2.79. The molecular weight excluding hydrogens is 338 g/mol. The Kier molecular flexibility index (Phi) is 5.22. The Morgan fingerprint density at radius 1 is 1.43 bits per heavy atom. The average molecular weight is 356 g/mol. The number of benzene rings is 1. The number of nitrogens with zero attached hydrogens (tertiary/aromatic N) is 1. The zero-order valence-electron chi connectivity index (χ0n) is 11.8. The molecule has 1 atom stereocenters. The third-order valence-corrected chi connectivity index (χ3v) is 4.12. The number of piperidine rings is 1. The van der Waals surface area contributed by atoms with Gasteiger partial charge in [0.2, 0.25) is 0 Å². The predicted molar refractivity (Wildman–Crippen MR) is 81.1 cm³/mol. The lowest BCUT2D eigenvalue weighted by molar-refractivity contribution is -0.137. The van der Waals surface area contributed by atoms with E-state index in [-0.39, 0.29) is 29.9 Å². The summed E-state index contributed by atoms with van der Waals surface area (Å²) in [6.07, 6.45) is 3.08. The lowest BCUT2D eigenvalue weighted by Crippen LogP contribution is -2.44. The molecule has 5 nitrogen and oxygen atoms in total. The highest BCUT2D eigenvalue weighted by Gasteiger charge is 2.24. The maximum atomic E-state index is 12.1. The average Bonchev–Trinajstić information content (AvgIpc) is 2.47. The van der Waals surface area contributed by atoms with E-state index in [1.807, 2.05) is 6.92 Å². The normalized spacial score (nSPS) is 18.4. The molecule has 1 fully saturated rings. The van der Waals surface area contributed by atoms with Crippen LogP contribution in [0.2, 0.25) is 0 Å². The second-order valence-electron chi connectivity index (χ2n) is 5.17. The number of amides is 1. The monoisotopic (exact) mass is 355 g/mol. The molecule has 0 unspecified atom stereocenters. The third kappa shape index (κ3) is 3.97. The molecule has 0 spiro atoms. The first kappa shape index (κ1) is 15.8. The van der Waals surface area contributed by atoms with Crippen LogP contribution in [-0.4, -0.2) is 41.1 Å². The Balaban J connectivity index is 1.94. The summed E-state index contributed by atoms with van der Waals surface area (Å²) in [7, 11) is 0. The number of phenolic OH excluding ortho intramolecular Hbond substituents is 1. The van der Waals surface area contributed by atoms with Gasteiger partial charge in [-0.25, -0.2) is 4.79 Å². The molecule has 21 heavy (non-hydrogen) atoms. The molecule has 2 rings (SSSR count). The van der Waals surface area contributed by atoms with Crippen LogP contribution >= 0.6 is 15.9 Å². The topological polar surface area (TPSA) is 66.8 Å². The van der Waals surface area contributed by atoms with E-state index < -0.39 is 5.97 Å². The number of halogens is 1. The zero-order chi connectivity index (χ0) is 15.4. The molecule has 1 amide bonds. The van der Waals surface area contributed by atoms with Gasteiger partial charge < -0.3 is 14.7 Å². The fourth-order valence-electron chi connectivity index (χ4n) is 2.43. The highest BCUT2D eigenvalue weighted by molar-refractivity contribution is 9.10. The molecule has 1 aliphatic rings. The number of carbonyl (C=O) groups excluding carboxylic acids is 2. The summed E-state index contributed by atoms with van der Waals surface area (Å²) in [4.78, 5) is 25.7. The lowest BCUT2D eigenvalue weighted by atomic mass is 10.0. The highest BCUT2D eigenvalue weighted by atomic mass is 79.9. The van der Waals surface area contributed by atoms with Gasteiger partial charge in [-0.05, 0) is 44.4 Å². The van der Waals surface area contributed by atoms with Gasteiger partial charge in [-0.1, -0.05) is 15.9 Å². The van der Waals surface area contributed by atoms with Gasteiger partial charge in [-0.15, -0.1) is 0 Å². The molecule has 114 valence electrons. The van der Waals surface area contributed by atoms with E-state index in [9.17, 15) is 14.7 Å². The number of hydrogen-bond donors (Lipinski definition) is 1. The van der Waals surface area contributed by atoms with Gasteiger partial charge in [0.1, 0.15) is 11.3 Å². The van der Waals surface area contributed by atoms with Crippen molar-refractivity contribution in [2.75, 3.05) is 13.2 Å². The molecule has 1 aromatic carbocycles. The number of phenols is 1. The lowest BCUT2D eigenvalue weighted by Gasteiger charge is -2.33. The minimum Gasteiger partial charge on any atom is -0.507 e. The Labute approximate surface area is 132 Å². The van der Waals surface area contributed by atoms with Crippen molar-refractivity contribution in [2.24, 2.45) is 0 Å². The number of likely N-dealkylation sites (tertiary alicyclic amines) is 1. The van der Waals surface area contributed by atoms with Crippen molar-refractivity contribution in [1.29, 1.82) is 0 Å². The van der Waals surface area contributed by atoms with Gasteiger partial charge in [-0.3, -0.25) is 4.79 Å². The summed E-state index contributed by atoms with van der Waals surface area (Å²) in [5.74, 6) is -1.06. The predicted octanol–water partition coefficient (Wildman–Crippen LogP) is 2.71. The number of carbonyl (C=O) groups is 2. The van der Waals surface area contributed by atoms with E-state index >= 15 is 0 Å². The quantitative estimate of drug-likeness (QED) is 0.846. The second-order valence-corrected chi connectivity index (χ2v) is 6.09. The molecular formula is C15H18BrNO4. The van der Waals surface area contributed by atoms with Crippen molar-refractivity contribution in [3.05, 3.63) is 28.2 Å². The van der Waals surface area contributed by atoms with E-state index in [2.05, 4.69) is 15.9 Å². The molecule has 1 aliphatic heterocycles. The number of esters is 1. The minimum absolute atomic E-state index is 0.0452. The number of rotatable bonds is 3. The van der Waals surface area contributed by atoms with Crippen LogP contribution in [0.25, 0.3) is 0 Å². The Hall–Kier alpha value is -1.56. The Bertz CT molecular complexity index is 546. The van der Waals surface area contributed by atoms with Crippen molar-refractivity contribution in [1.82, 2.24) is 4.90 Å². The van der Waals surface area contributed by atoms with Gasteiger partial charge in [0.25, 0.3) is 5.91 Å². The summed E-state index contributed by atoms with van der Waals surface area (Å²) in [6, 6.07) is 4.66. The van der Waals surface area contributed by atoms with Crippen LogP contribution in [0.15, 0.2) is 22.7 Å². The van der Waals surface area contributed by atoms with Gasteiger partial charge in [0.15, 0.2) is 6.61 Å². The standard InChI is InChI=1S/C15H18BrNO4/c1-10-4-2-3-7-17(10)14(19)9-21-15(20)12-8-11(16)5-6-13(12)18/h5-6,8,10,18H,2-4,7,9H2,1H3/t10-/m1/s1. The van der Waals surface area contributed by atoms with E-state index in [1.165, 1.54) is 12.1 Å². The van der Waals surface area contributed by atoms with E-state index in [1.54, 1.807) is 11.0 Å². The summed E-state index contributed by atoms with van der Waals surface area (Å²) < 4.78 is 5.67. The van der Waals surface area contributed by atoms with E-state index in [0.29, 0.717) is 11.0 Å². The maximum absolute atomic E-state index is 12.1. The van der Waals surface area contributed by atoms with Crippen molar-refractivity contribution < 1.29 is 19.4 Å². The molecule has 6 heteroatoms. The molecule has 0 bridgehead atoms. The molecule has 1 heterocycles. The van der Waals surface area contributed by atoms with Crippen LogP contribution in [0.3, 0.4) is 0 Å². The van der Waals surface area contributed by atoms with Crippen molar-refractivity contribution in [2.45, 2.75) is 32.2 Å². The molecule has 1 aromatic rings. The summed E-state index contributed by atoms with van der Waals surface area (Å²) in [5.41, 5.74) is 0.0452. The van der Waals surface area contributed by atoms with Crippen LogP contribution in [0, 0.1) is 0 Å². The summed E-state index contributed by atoms with van der Waals surface area (Å²) >= 11 is 3.22. The van der Waals surface area contributed by atoms with Crippen LogP contribution in [0.1, 0.15) is 36.5 Å². The summed E-state index contributed by atoms with van der Waals surface area (Å²) in [5, 5.41) is 9.64. The van der Waals surface area contributed by atoms with E-state index in [4.69, 9.17) is 4.74 Å². The third-order valence-electron chi connectivity index (χ3n) is 3.63. The second kappa shape index (κ2) is 6.93. The van der Waals surface area contributed by atoms with Crippen LogP contribution in [0.5, 0.6) is 5.75 Å². The maximum Gasteiger partial charge on any atom is 0.342 e. The number of hydrogen-bond acceptors (Lipinski definition) is 4. The van der Waals surface area contributed by atoms with E-state index in [0.717, 1.165) is 19.3 Å². The SMILES string of the molecule is C[C@@H]1CCCCN1C(=O)COC(=O)c1cc(Br)ccc1O. The first-order valence-corrected chi connectivity index (χ1v) is 7.73. The molecule has 1 saturated heterocycles. The smallest absolute Gasteiger partial charge is 0.342 e. The van der Waals surface area contributed by atoms with Gasteiger partial charge in [-0.2, -0.15) is 0 Å². The molecule has 0 radical (unpaired) electrons. The fraction of sp³-hybridized carbons (Fsp3) is 0.467. The van der Waals surface area contributed by atoms with Crippen molar-refractivity contribution in [3.63, 3.8) is 0 Å². The Morgan fingerprint density at radius 2 is 2.19 bits per heavy atom. The number of ether oxygens (including phenoxy) is 1. The first-order valence-electron chi connectivity index (χ1n) is 6.94. The molecule has 0 aliphatic carbocycles. The van der Waals surface area contributed by atoms with Crippen molar-refractivity contribution in [3.8, 4) is 5.75 Å². The van der Waals surface area contributed by atoms with Crippen LogP contribution < -0.4 is 0 Å². The first-order chi connectivity index (χ1) is 9.99. The van der Waals surface area contributed by atoms with Crippen LogP contribution in [-0.2, 0) is 9.53 Å². The highest BCUT2D eigenvalue weighted by Crippen LogP contribution is 2.23. The molecule has 0 aromatic heterocycles. The molecule has 1 N–H and O–H groups in total. The summed E-state index contributed by atoms with van der Waals surface area (Å²) in [6.45, 7) is 2.41. The van der Waals surface area contributed by atoms with Gasteiger partial charge >= 0.3 is 5.97 Å². The minimum atomic E-state index is -0.702. The van der Waals surface area contributed by atoms with Crippen LogP contribution in [0.4, 0.5) is 0 Å². The number of aromatic hydroxyl groups is 1. The largest absolute Gasteiger partial charge is 0.507 e. The molecule has 0 saturated carbocycles. The van der Waals surface area contributed by atoms with Gasteiger partial charge in [0.05, 0.1) is 0 Å². The Morgan fingerprint density at radius 3 is 2.90 bits per heavy atom. The van der Waals surface area contributed by atoms with Gasteiger partial charge in [0, 0.05) is 17.1 Å². The van der Waals surface area contributed by atoms with Crippen molar-refractivity contribution >= 4 is 27.8 Å². The zero-order valence-corrected chi connectivity index (χ0v) is 13.4.